The van der Waals surface area contributed by atoms with Gasteiger partial charge in [-0.15, -0.1) is 5.10 Å². The molecule has 0 aliphatic carbocycles. The predicted molar refractivity (Wildman–Crippen MR) is 93.1 cm³/mol. The number of aromatic nitrogens is 2. The Morgan fingerprint density at radius 2 is 2.08 bits per heavy atom. The first-order chi connectivity index (χ1) is 12.0. The van der Waals surface area contributed by atoms with Crippen LogP contribution in [0.15, 0.2) is 47.0 Å². The SMILES string of the molecule is Cc1ccc(CCC(=O)Nc2ccc(-n3cc(C#N)c(N)n3)cc2)o1. The van der Waals surface area contributed by atoms with Crippen LogP contribution >= 0.6 is 0 Å². The summed E-state index contributed by atoms with van der Waals surface area (Å²) < 4.78 is 6.97. The number of nitrogens with one attached hydrogen (secondary N) is 1. The van der Waals surface area contributed by atoms with Crippen molar-refractivity contribution < 1.29 is 9.21 Å². The van der Waals surface area contributed by atoms with Gasteiger partial charge in [-0.05, 0) is 43.3 Å². The molecule has 25 heavy (non-hydrogen) atoms. The number of carbonyl (C=O) groups is 1. The molecule has 2 heterocycles. The second kappa shape index (κ2) is 6.93. The van der Waals surface area contributed by atoms with Crippen LogP contribution in [0.5, 0.6) is 0 Å². The van der Waals surface area contributed by atoms with E-state index >= 15 is 0 Å². The first kappa shape index (κ1) is 16.3. The van der Waals surface area contributed by atoms with Crippen LogP contribution in [0.2, 0.25) is 0 Å². The van der Waals surface area contributed by atoms with E-state index in [1.54, 1.807) is 30.5 Å². The summed E-state index contributed by atoms with van der Waals surface area (Å²) in [5, 5.41) is 15.8. The second-order valence-corrected chi connectivity index (χ2v) is 5.59. The molecule has 0 bridgehead atoms. The van der Waals surface area contributed by atoms with E-state index in [4.69, 9.17) is 15.4 Å². The van der Waals surface area contributed by atoms with Gasteiger partial charge in [0.25, 0.3) is 0 Å². The van der Waals surface area contributed by atoms with Gasteiger partial charge in [-0.3, -0.25) is 4.79 Å². The first-order valence-electron chi connectivity index (χ1n) is 7.76. The Labute approximate surface area is 144 Å². The molecule has 7 heteroatoms. The van der Waals surface area contributed by atoms with Gasteiger partial charge < -0.3 is 15.5 Å². The Morgan fingerprint density at radius 1 is 1.32 bits per heavy atom. The normalized spacial score (nSPS) is 10.4. The highest BCUT2D eigenvalue weighted by molar-refractivity contribution is 5.90. The molecule has 0 atom stereocenters. The lowest BCUT2D eigenvalue weighted by molar-refractivity contribution is -0.116. The van der Waals surface area contributed by atoms with Crippen molar-refractivity contribution in [1.29, 1.82) is 5.26 Å². The maximum absolute atomic E-state index is 12.0. The van der Waals surface area contributed by atoms with Gasteiger partial charge in [0.2, 0.25) is 5.91 Å². The molecule has 0 fully saturated rings. The fraction of sp³-hybridized carbons (Fsp3) is 0.167. The summed E-state index contributed by atoms with van der Waals surface area (Å²) in [5.74, 6) is 1.74. The van der Waals surface area contributed by atoms with Crippen molar-refractivity contribution >= 4 is 17.4 Å². The minimum atomic E-state index is -0.0862. The van der Waals surface area contributed by atoms with E-state index in [0.29, 0.717) is 24.1 Å². The third-order valence-corrected chi connectivity index (χ3v) is 3.67. The first-order valence-corrected chi connectivity index (χ1v) is 7.76. The third-order valence-electron chi connectivity index (χ3n) is 3.67. The maximum atomic E-state index is 12.0. The summed E-state index contributed by atoms with van der Waals surface area (Å²) in [7, 11) is 0. The van der Waals surface area contributed by atoms with E-state index in [1.807, 2.05) is 25.1 Å². The van der Waals surface area contributed by atoms with Gasteiger partial charge >= 0.3 is 0 Å². The largest absolute Gasteiger partial charge is 0.466 e. The monoisotopic (exact) mass is 335 g/mol. The van der Waals surface area contributed by atoms with Gasteiger partial charge in [-0.1, -0.05) is 0 Å². The van der Waals surface area contributed by atoms with Crippen LogP contribution in [0.25, 0.3) is 5.69 Å². The molecule has 0 unspecified atom stereocenters. The number of carbonyl (C=O) groups excluding carboxylic acids is 1. The molecule has 3 N–H and O–H groups in total. The second-order valence-electron chi connectivity index (χ2n) is 5.59. The molecule has 7 nitrogen and oxygen atoms in total. The van der Waals surface area contributed by atoms with E-state index in [1.165, 1.54) is 4.68 Å². The molecule has 126 valence electrons. The zero-order valence-corrected chi connectivity index (χ0v) is 13.7. The number of furan rings is 1. The smallest absolute Gasteiger partial charge is 0.224 e. The summed E-state index contributed by atoms with van der Waals surface area (Å²) in [6.45, 7) is 1.87. The van der Waals surface area contributed by atoms with Gasteiger partial charge in [0.1, 0.15) is 23.2 Å². The van der Waals surface area contributed by atoms with Crippen LogP contribution in [0.3, 0.4) is 0 Å². The number of benzene rings is 1. The topological polar surface area (TPSA) is 110 Å². The predicted octanol–water partition coefficient (Wildman–Crippen LogP) is 2.80. The standard InChI is InChI=1S/C18H17N5O2/c1-12-2-7-16(25-12)8-9-17(24)21-14-3-5-15(6-4-14)23-11-13(10-19)18(20)22-23/h2-7,11H,8-9H2,1H3,(H2,20,22)(H,21,24). The molecule has 1 amide bonds. The van der Waals surface area contributed by atoms with Gasteiger partial charge in [0, 0.05) is 18.5 Å². The molecule has 0 aliphatic heterocycles. The number of nitrogen functional groups attached to an aromatic ring is 1. The molecule has 2 aromatic heterocycles. The molecule has 0 saturated heterocycles. The van der Waals surface area contributed by atoms with Crippen LogP contribution in [-0.4, -0.2) is 15.7 Å². The summed E-state index contributed by atoms with van der Waals surface area (Å²) in [4.78, 5) is 12.0. The number of rotatable bonds is 5. The average Bonchev–Trinajstić information content (AvgIpc) is 3.19. The molecule has 3 aromatic rings. The van der Waals surface area contributed by atoms with Gasteiger partial charge in [0.15, 0.2) is 5.82 Å². The van der Waals surface area contributed by atoms with Crippen LogP contribution < -0.4 is 11.1 Å². The average molecular weight is 335 g/mol. The lowest BCUT2D eigenvalue weighted by Gasteiger charge is -2.06. The molecule has 0 spiro atoms. The fourth-order valence-electron chi connectivity index (χ4n) is 2.38. The number of hydrogen-bond acceptors (Lipinski definition) is 5. The highest BCUT2D eigenvalue weighted by Crippen LogP contribution is 2.16. The van der Waals surface area contributed by atoms with E-state index in [2.05, 4.69) is 10.4 Å². The molecule has 3 rings (SSSR count). The quantitative estimate of drug-likeness (QED) is 0.745. The van der Waals surface area contributed by atoms with Crippen molar-refractivity contribution in [3.8, 4) is 11.8 Å². The Hall–Kier alpha value is -3.53. The highest BCUT2D eigenvalue weighted by Gasteiger charge is 2.08. The van der Waals surface area contributed by atoms with Gasteiger partial charge in [-0.25, -0.2) is 4.68 Å². The Bertz CT molecular complexity index is 931. The summed E-state index contributed by atoms with van der Waals surface area (Å²) >= 11 is 0. The third kappa shape index (κ3) is 3.87. The summed E-state index contributed by atoms with van der Waals surface area (Å²) in [5.41, 5.74) is 7.41. The van der Waals surface area contributed by atoms with Crippen molar-refractivity contribution in [1.82, 2.24) is 9.78 Å². The Kier molecular flexibility index (Phi) is 4.53. The highest BCUT2D eigenvalue weighted by atomic mass is 16.3. The zero-order valence-electron chi connectivity index (χ0n) is 13.7. The van der Waals surface area contributed by atoms with E-state index in [0.717, 1.165) is 17.2 Å². The van der Waals surface area contributed by atoms with Crippen LogP contribution in [0.4, 0.5) is 11.5 Å². The van der Waals surface area contributed by atoms with E-state index < -0.39 is 0 Å². The number of nitrogens with zero attached hydrogens (tertiary/aromatic N) is 3. The van der Waals surface area contributed by atoms with Crippen molar-refractivity contribution in [2.75, 3.05) is 11.1 Å². The van der Waals surface area contributed by atoms with Crippen molar-refractivity contribution in [3.05, 3.63) is 59.7 Å². The molecule has 0 aliphatic rings. The lowest BCUT2D eigenvalue weighted by Crippen LogP contribution is -2.12. The molecular weight excluding hydrogens is 318 g/mol. The number of nitriles is 1. The number of aryl methyl sites for hydroxylation is 2. The minimum Gasteiger partial charge on any atom is -0.466 e. The van der Waals surface area contributed by atoms with E-state index in [9.17, 15) is 4.79 Å². The number of hydrogen-bond donors (Lipinski definition) is 2. The van der Waals surface area contributed by atoms with Gasteiger partial charge in [-0.2, -0.15) is 5.26 Å². The molecule has 1 aromatic carbocycles. The fourth-order valence-corrected chi connectivity index (χ4v) is 2.38. The Morgan fingerprint density at radius 3 is 2.68 bits per heavy atom. The van der Waals surface area contributed by atoms with Gasteiger partial charge in [0.05, 0.1) is 11.9 Å². The van der Waals surface area contributed by atoms with Crippen molar-refractivity contribution in [3.63, 3.8) is 0 Å². The number of nitrogens with two attached hydrogens (primary N) is 1. The summed E-state index contributed by atoms with van der Waals surface area (Å²) in [6, 6.07) is 12.9. The van der Waals surface area contributed by atoms with Crippen molar-refractivity contribution in [2.24, 2.45) is 0 Å². The molecule has 0 saturated carbocycles. The van der Waals surface area contributed by atoms with Crippen LogP contribution in [0, 0.1) is 18.3 Å². The van der Waals surface area contributed by atoms with Crippen molar-refractivity contribution in [2.45, 2.75) is 19.8 Å². The van der Waals surface area contributed by atoms with Crippen LogP contribution in [-0.2, 0) is 11.2 Å². The zero-order chi connectivity index (χ0) is 17.8. The Balaban J connectivity index is 1.60. The van der Waals surface area contributed by atoms with Crippen LogP contribution in [0.1, 0.15) is 23.5 Å². The summed E-state index contributed by atoms with van der Waals surface area (Å²) in [6.07, 6.45) is 2.46. The molecular formula is C18H17N5O2. The number of amides is 1. The van der Waals surface area contributed by atoms with E-state index in [-0.39, 0.29) is 11.7 Å². The molecule has 0 radical (unpaired) electrons. The minimum absolute atomic E-state index is 0.0862. The maximum Gasteiger partial charge on any atom is 0.224 e. The number of anilines is 2. The lowest BCUT2D eigenvalue weighted by atomic mass is 10.2.